The van der Waals surface area contributed by atoms with Crippen molar-refractivity contribution in [1.29, 1.82) is 0 Å². The van der Waals surface area contributed by atoms with Crippen LogP contribution in [0.2, 0.25) is 0 Å². The van der Waals surface area contributed by atoms with Crippen molar-refractivity contribution in [2.75, 3.05) is 6.61 Å². The number of ether oxygens (including phenoxy) is 1. The molecule has 6 rings (SSSR count). The summed E-state index contributed by atoms with van der Waals surface area (Å²) in [5.74, 6) is -0.432. The van der Waals surface area contributed by atoms with Gasteiger partial charge in [-0.25, -0.2) is 4.79 Å². The fourth-order valence-corrected chi connectivity index (χ4v) is 9.72. The Labute approximate surface area is 324 Å². The predicted molar refractivity (Wildman–Crippen MR) is 234 cm³/mol. The topological polar surface area (TPSA) is 46.5 Å². The van der Waals surface area contributed by atoms with Crippen LogP contribution in [0.1, 0.15) is 105 Å². The zero-order valence-corrected chi connectivity index (χ0v) is 35.2. The molecule has 0 radical (unpaired) electrons. The molecule has 0 amide bonds. The molecule has 0 saturated heterocycles. The van der Waals surface area contributed by atoms with Gasteiger partial charge in [0.2, 0.25) is 0 Å². The van der Waals surface area contributed by atoms with Crippen LogP contribution in [0.3, 0.4) is 0 Å². The van der Waals surface area contributed by atoms with Gasteiger partial charge in [-0.05, 0) is 95.4 Å². The Hall–Kier alpha value is -4.46. The number of rotatable bonds is 7. The molecule has 0 aliphatic heterocycles. The Balaban J connectivity index is 1.84. The van der Waals surface area contributed by atoms with Crippen molar-refractivity contribution in [3.8, 4) is 16.9 Å². The van der Waals surface area contributed by atoms with Crippen LogP contribution in [0.15, 0.2) is 109 Å². The Bertz CT molecular complexity index is 2220. The third-order valence-electron chi connectivity index (χ3n) is 10.5. The number of hydrogen-bond acceptors (Lipinski definition) is 2. The standard InChI is InChI=1S/C50H57O3P/c1-47(2,3)34-25-35(48(4,5)6)28-38(27-34)54(39-29-36(49(7,8)9)26-37(30-39)50(10,11)12)43-24-22-33-18-14-16-20-41(33)46(43)45-40-19-15-13-17-32(40)21-23-42(45)53-31-44(51)52/h13-30H,31H2,1-12H3,(H,51,52). The number of carboxylic acid groups (broad SMARTS) is 1. The minimum Gasteiger partial charge on any atom is -0.481 e. The third kappa shape index (κ3) is 8.13. The summed E-state index contributed by atoms with van der Waals surface area (Å²) in [6, 6.07) is 40.2. The molecular weight excluding hydrogens is 680 g/mol. The van der Waals surface area contributed by atoms with Gasteiger partial charge in [0, 0.05) is 11.1 Å². The molecule has 0 aliphatic carbocycles. The van der Waals surface area contributed by atoms with Crippen LogP contribution in [-0.2, 0) is 26.5 Å². The quantitative estimate of drug-likeness (QED) is 0.166. The summed E-state index contributed by atoms with van der Waals surface area (Å²) < 4.78 is 6.22. The van der Waals surface area contributed by atoms with Gasteiger partial charge in [0.25, 0.3) is 0 Å². The lowest BCUT2D eigenvalue weighted by Crippen LogP contribution is -2.28. The Morgan fingerprint density at radius 1 is 0.519 bits per heavy atom. The second kappa shape index (κ2) is 14.3. The lowest BCUT2D eigenvalue weighted by molar-refractivity contribution is -0.139. The first kappa shape index (κ1) is 39.2. The van der Waals surface area contributed by atoms with E-state index in [1.807, 2.05) is 12.1 Å². The van der Waals surface area contributed by atoms with Gasteiger partial charge in [0.05, 0.1) is 0 Å². The smallest absolute Gasteiger partial charge is 0.341 e. The highest BCUT2D eigenvalue weighted by Gasteiger charge is 2.31. The average molecular weight is 737 g/mol. The molecule has 0 spiro atoms. The molecule has 6 aromatic rings. The number of carboxylic acids is 1. The van der Waals surface area contributed by atoms with Crippen LogP contribution in [0.5, 0.6) is 5.75 Å². The molecule has 0 unspecified atom stereocenters. The molecule has 280 valence electrons. The van der Waals surface area contributed by atoms with Gasteiger partial charge in [-0.2, -0.15) is 0 Å². The van der Waals surface area contributed by atoms with E-state index in [4.69, 9.17) is 4.74 Å². The minimum absolute atomic E-state index is 0.0689. The van der Waals surface area contributed by atoms with E-state index in [9.17, 15) is 9.90 Å². The summed E-state index contributed by atoms with van der Waals surface area (Å²) in [6.07, 6.45) is 0. The zero-order chi connectivity index (χ0) is 39.4. The third-order valence-corrected chi connectivity index (χ3v) is 12.9. The number of carbonyl (C=O) groups is 1. The first-order chi connectivity index (χ1) is 25.1. The molecule has 54 heavy (non-hydrogen) atoms. The van der Waals surface area contributed by atoms with Crippen molar-refractivity contribution in [2.24, 2.45) is 0 Å². The van der Waals surface area contributed by atoms with Crippen LogP contribution in [0.25, 0.3) is 32.7 Å². The molecule has 0 atom stereocenters. The Kier molecular flexibility index (Phi) is 10.4. The lowest BCUT2D eigenvalue weighted by atomic mass is 9.81. The normalized spacial score (nSPS) is 12.8. The number of aliphatic carboxylic acids is 1. The van der Waals surface area contributed by atoms with Crippen molar-refractivity contribution in [1.82, 2.24) is 0 Å². The van der Waals surface area contributed by atoms with Crippen LogP contribution in [0, 0.1) is 0 Å². The fraction of sp³-hybridized carbons (Fsp3) is 0.340. The van der Waals surface area contributed by atoms with Crippen molar-refractivity contribution < 1.29 is 14.6 Å². The maximum absolute atomic E-state index is 12.0. The van der Waals surface area contributed by atoms with E-state index in [-0.39, 0.29) is 21.7 Å². The van der Waals surface area contributed by atoms with E-state index in [0.29, 0.717) is 5.75 Å². The largest absolute Gasteiger partial charge is 0.481 e. The van der Waals surface area contributed by atoms with Crippen molar-refractivity contribution >= 4 is 51.3 Å². The SMILES string of the molecule is CC(C)(C)c1cc(P(c2cc(C(C)(C)C)cc(C(C)(C)C)c2)c2ccc3ccccc3c2-c2c(OCC(=O)O)ccc3ccccc23)cc(C(C)(C)C)c1. The van der Waals surface area contributed by atoms with E-state index in [0.717, 1.165) is 32.7 Å². The van der Waals surface area contributed by atoms with Gasteiger partial charge in [-0.15, -0.1) is 0 Å². The molecule has 0 heterocycles. The van der Waals surface area contributed by atoms with E-state index in [1.54, 1.807) is 0 Å². The number of fused-ring (bicyclic) bond motifs is 2. The van der Waals surface area contributed by atoms with Crippen LogP contribution in [0.4, 0.5) is 0 Å². The van der Waals surface area contributed by atoms with Gasteiger partial charge in [0.1, 0.15) is 5.75 Å². The predicted octanol–water partition coefficient (Wildman–Crippen LogP) is 12.1. The molecule has 0 aromatic heterocycles. The molecule has 4 heteroatoms. The highest BCUT2D eigenvalue weighted by Crippen LogP contribution is 2.47. The molecule has 3 nitrogen and oxygen atoms in total. The minimum atomic E-state index is -1.18. The summed E-state index contributed by atoms with van der Waals surface area (Å²) in [4.78, 5) is 12.0. The van der Waals surface area contributed by atoms with Gasteiger partial charge in [0.15, 0.2) is 6.61 Å². The van der Waals surface area contributed by atoms with E-state index in [2.05, 4.69) is 180 Å². The maximum atomic E-state index is 12.0. The molecule has 0 bridgehead atoms. The van der Waals surface area contributed by atoms with Crippen LogP contribution < -0.4 is 20.7 Å². The monoisotopic (exact) mass is 736 g/mol. The second-order valence-electron chi connectivity index (χ2n) is 18.9. The lowest BCUT2D eigenvalue weighted by Gasteiger charge is -2.32. The summed E-state index contributed by atoms with van der Waals surface area (Å²) >= 11 is 0. The van der Waals surface area contributed by atoms with Gasteiger partial charge in [-0.3, -0.25) is 0 Å². The zero-order valence-electron chi connectivity index (χ0n) is 34.3. The van der Waals surface area contributed by atoms with Gasteiger partial charge >= 0.3 is 5.97 Å². The van der Waals surface area contributed by atoms with Gasteiger partial charge in [-0.1, -0.05) is 186 Å². The number of benzene rings is 6. The number of hydrogen-bond donors (Lipinski definition) is 1. The second-order valence-corrected chi connectivity index (χ2v) is 21.1. The fourth-order valence-electron chi connectivity index (χ4n) is 7.12. The maximum Gasteiger partial charge on any atom is 0.341 e. The molecule has 0 aliphatic rings. The highest BCUT2D eigenvalue weighted by molar-refractivity contribution is 7.80. The van der Waals surface area contributed by atoms with Gasteiger partial charge < -0.3 is 9.84 Å². The van der Waals surface area contributed by atoms with Crippen LogP contribution in [-0.4, -0.2) is 17.7 Å². The molecule has 0 fully saturated rings. The molecule has 1 N–H and O–H groups in total. The summed E-state index contributed by atoms with van der Waals surface area (Å²) in [5, 5.41) is 18.0. The van der Waals surface area contributed by atoms with E-state index < -0.39 is 20.5 Å². The molecule has 0 saturated carbocycles. The van der Waals surface area contributed by atoms with Crippen molar-refractivity contribution in [3.05, 3.63) is 131 Å². The van der Waals surface area contributed by atoms with Crippen molar-refractivity contribution in [3.63, 3.8) is 0 Å². The highest BCUT2D eigenvalue weighted by atomic mass is 31.1. The summed E-state index contributed by atoms with van der Waals surface area (Å²) in [6.45, 7) is 27.3. The summed E-state index contributed by atoms with van der Waals surface area (Å²) in [5.41, 5.74) is 7.02. The summed E-state index contributed by atoms with van der Waals surface area (Å²) in [7, 11) is -1.18. The molecular formula is C50H57O3P. The van der Waals surface area contributed by atoms with E-state index in [1.165, 1.54) is 38.2 Å². The van der Waals surface area contributed by atoms with E-state index >= 15 is 0 Å². The van der Waals surface area contributed by atoms with Crippen LogP contribution >= 0.6 is 7.92 Å². The molecule has 6 aromatic carbocycles. The average Bonchev–Trinajstić information content (AvgIpc) is 3.09. The Morgan fingerprint density at radius 2 is 0.907 bits per heavy atom. The van der Waals surface area contributed by atoms with Crippen molar-refractivity contribution in [2.45, 2.75) is 105 Å². The Morgan fingerprint density at radius 3 is 1.31 bits per heavy atom. The first-order valence-electron chi connectivity index (χ1n) is 19.1. The first-order valence-corrected chi connectivity index (χ1v) is 20.5.